The van der Waals surface area contributed by atoms with E-state index in [0.29, 0.717) is 13.1 Å². The Labute approximate surface area is 135 Å². The van der Waals surface area contributed by atoms with Crippen molar-refractivity contribution < 1.29 is 17.9 Å². The number of hydrogen-bond acceptors (Lipinski definition) is 5. The van der Waals surface area contributed by atoms with Gasteiger partial charge >= 0.3 is 0 Å². The highest BCUT2D eigenvalue weighted by Crippen LogP contribution is 2.18. The first-order chi connectivity index (χ1) is 10.8. The van der Waals surface area contributed by atoms with Crippen molar-refractivity contribution in [3.63, 3.8) is 0 Å². The molecule has 1 saturated heterocycles. The predicted octanol–water partition coefficient (Wildman–Crippen LogP) is 0.140. The van der Waals surface area contributed by atoms with Gasteiger partial charge in [-0.25, -0.2) is 8.42 Å². The normalized spacial score (nSPS) is 18.7. The predicted molar refractivity (Wildman–Crippen MR) is 86.3 cm³/mol. The molecule has 2 heterocycles. The van der Waals surface area contributed by atoms with Crippen molar-refractivity contribution in [1.29, 1.82) is 0 Å². The molecule has 128 valence electrons. The summed E-state index contributed by atoms with van der Waals surface area (Å²) in [5.41, 5.74) is -0.354. The molecule has 1 fully saturated rings. The van der Waals surface area contributed by atoms with Crippen LogP contribution in [0.2, 0.25) is 0 Å². The number of aromatic nitrogens is 1. The second kappa shape index (κ2) is 7.16. The van der Waals surface area contributed by atoms with Gasteiger partial charge in [-0.15, -0.1) is 0 Å². The zero-order valence-electron chi connectivity index (χ0n) is 13.4. The third-order valence-electron chi connectivity index (χ3n) is 3.92. The van der Waals surface area contributed by atoms with Gasteiger partial charge in [-0.1, -0.05) is 0 Å². The van der Waals surface area contributed by atoms with Crippen LogP contribution in [0.5, 0.6) is 5.75 Å². The summed E-state index contributed by atoms with van der Waals surface area (Å²) in [6, 6.07) is 3.20. The van der Waals surface area contributed by atoms with Crippen molar-refractivity contribution in [2.24, 2.45) is 5.92 Å². The lowest BCUT2D eigenvalue weighted by Crippen LogP contribution is -2.44. The van der Waals surface area contributed by atoms with Gasteiger partial charge < -0.3 is 14.2 Å². The Balaban J connectivity index is 2.05. The second-order valence-electron chi connectivity index (χ2n) is 5.95. The Morgan fingerprint density at radius 3 is 2.83 bits per heavy atom. The van der Waals surface area contributed by atoms with Crippen molar-refractivity contribution in [2.45, 2.75) is 19.4 Å². The lowest BCUT2D eigenvalue weighted by Gasteiger charge is -2.32. The van der Waals surface area contributed by atoms with Gasteiger partial charge in [-0.3, -0.25) is 9.59 Å². The minimum atomic E-state index is -3.06. The van der Waals surface area contributed by atoms with Gasteiger partial charge in [-0.2, -0.15) is 0 Å². The average Bonchev–Trinajstić information content (AvgIpc) is 2.48. The molecule has 1 aromatic heterocycles. The van der Waals surface area contributed by atoms with E-state index in [0.717, 1.165) is 12.8 Å². The highest BCUT2D eigenvalue weighted by atomic mass is 32.2. The van der Waals surface area contributed by atoms with E-state index in [-0.39, 0.29) is 35.4 Å². The van der Waals surface area contributed by atoms with E-state index in [4.69, 9.17) is 4.74 Å². The second-order valence-corrected chi connectivity index (χ2v) is 8.13. The largest absolute Gasteiger partial charge is 0.491 e. The van der Waals surface area contributed by atoms with E-state index in [2.05, 4.69) is 0 Å². The summed E-state index contributed by atoms with van der Waals surface area (Å²) in [6.45, 7) is 0.948. The number of sulfone groups is 1. The Morgan fingerprint density at radius 1 is 1.43 bits per heavy atom. The molecule has 0 radical (unpaired) electrons. The number of carbonyl (C=O) groups is 1. The number of hydrogen-bond donors (Lipinski definition) is 0. The fourth-order valence-electron chi connectivity index (χ4n) is 2.90. The molecular formula is C15H22N2O5S. The number of likely N-dealkylation sites (tertiary alicyclic amines) is 1. The van der Waals surface area contributed by atoms with Crippen LogP contribution in [0.25, 0.3) is 0 Å². The number of pyridine rings is 1. The van der Waals surface area contributed by atoms with Crippen LogP contribution in [-0.2, 0) is 21.2 Å². The number of methoxy groups -OCH3 is 1. The van der Waals surface area contributed by atoms with Crippen LogP contribution in [0.15, 0.2) is 23.1 Å². The summed E-state index contributed by atoms with van der Waals surface area (Å²) in [5, 5.41) is 0. The van der Waals surface area contributed by atoms with Gasteiger partial charge in [0, 0.05) is 25.5 Å². The van der Waals surface area contributed by atoms with Crippen molar-refractivity contribution in [3.8, 4) is 5.75 Å². The Hall–Kier alpha value is -1.83. The van der Waals surface area contributed by atoms with Crippen LogP contribution in [0, 0.1) is 5.92 Å². The Kier molecular flexibility index (Phi) is 5.46. The maximum atomic E-state index is 12.4. The minimum absolute atomic E-state index is 0.0373. The summed E-state index contributed by atoms with van der Waals surface area (Å²) in [6.07, 6.45) is 4.33. The number of nitrogens with zero attached hydrogens (tertiary/aromatic N) is 2. The Morgan fingerprint density at radius 2 is 2.17 bits per heavy atom. The summed E-state index contributed by atoms with van der Waals surface area (Å²) in [4.78, 5) is 26.1. The summed E-state index contributed by atoms with van der Waals surface area (Å²) < 4.78 is 29.1. The molecule has 23 heavy (non-hydrogen) atoms. The van der Waals surface area contributed by atoms with Gasteiger partial charge in [-0.05, 0) is 30.9 Å². The third-order valence-corrected chi connectivity index (χ3v) is 5.00. The van der Waals surface area contributed by atoms with Gasteiger partial charge in [0.2, 0.25) is 5.91 Å². The molecule has 0 spiro atoms. The molecule has 0 aliphatic carbocycles. The molecule has 0 bridgehead atoms. The van der Waals surface area contributed by atoms with Crippen LogP contribution in [-0.4, -0.2) is 56.0 Å². The van der Waals surface area contributed by atoms with E-state index < -0.39 is 9.84 Å². The lowest BCUT2D eigenvalue weighted by atomic mass is 10.00. The van der Waals surface area contributed by atoms with Crippen molar-refractivity contribution >= 4 is 15.7 Å². The molecule has 1 aliphatic heterocycles. The van der Waals surface area contributed by atoms with E-state index in [9.17, 15) is 18.0 Å². The van der Waals surface area contributed by atoms with E-state index in [1.165, 1.54) is 17.9 Å². The zero-order chi connectivity index (χ0) is 17.0. The fraction of sp³-hybridized carbons (Fsp3) is 0.600. The van der Waals surface area contributed by atoms with Gasteiger partial charge in [0.25, 0.3) is 5.56 Å². The molecule has 0 aromatic carbocycles. The highest BCUT2D eigenvalue weighted by molar-refractivity contribution is 7.90. The number of carbonyl (C=O) groups excluding carboxylic acids is 1. The topological polar surface area (TPSA) is 85.7 Å². The van der Waals surface area contributed by atoms with Gasteiger partial charge in [0.05, 0.1) is 12.9 Å². The summed E-state index contributed by atoms with van der Waals surface area (Å²) in [7, 11) is -1.65. The average molecular weight is 342 g/mol. The quantitative estimate of drug-likeness (QED) is 0.760. The number of ether oxygens (including phenoxy) is 1. The molecule has 2 rings (SSSR count). The zero-order valence-corrected chi connectivity index (χ0v) is 14.2. The SMILES string of the molecule is COc1cccn(CC(=O)N2CCC[C@H](CS(C)(=O)=O)C2)c1=O. The van der Waals surface area contributed by atoms with E-state index in [1.807, 2.05) is 0 Å². The Bertz CT molecular complexity index is 726. The smallest absolute Gasteiger partial charge is 0.293 e. The van der Waals surface area contributed by atoms with Crippen LogP contribution in [0.1, 0.15) is 12.8 Å². The molecule has 1 aromatic rings. The molecule has 0 N–H and O–H groups in total. The molecular weight excluding hydrogens is 320 g/mol. The first kappa shape index (κ1) is 17.5. The van der Waals surface area contributed by atoms with Crippen molar-refractivity contribution in [3.05, 3.63) is 28.7 Å². The van der Waals surface area contributed by atoms with Crippen LogP contribution >= 0.6 is 0 Å². The third kappa shape index (κ3) is 4.82. The summed E-state index contributed by atoms with van der Waals surface area (Å²) >= 11 is 0. The van der Waals surface area contributed by atoms with Crippen molar-refractivity contribution in [2.75, 3.05) is 32.2 Å². The van der Waals surface area contributed by atoms with Crippen LogP contribution in [0.4, 0.5) is 0 Å². The van der Waals surface area contributed by atoms with E-state index in [1.54, 1.807) is 23.2 Å². The maximum Gasteiger partial charge on any atom is 0.293 e. The number of rotatable bonds is 5. The number of amides is 1. The molecule has 0 saturated carbocycles. The first-order valence-corrected chi connectivity index (χ1v) is 9.55. The molecule has 8 heteroatoms. The fourth-order valence-corrected chi connectivity index (χ4v) is 4.02. The summed E-state index contributed by atoms with van der Waals surface area (Å²) in [5.74, 6) is 0.0628. The van der Waals surface area contributed by atoms with Crippen LogP contribution in [0.3, 0.4) is 0 Å². The maximum absolute atomic E-state index is 12.4. The van der Waals surface area contributed by atoms with Gasteiger partial charge in [0.1, 0.15) is 16.4 Å². The lowest BCUT2D eigenvalue weighted by molar-refractivity contribution is -0.133. The monoisotopic (exact) mass is 342 g/mol. The first-order valence-electron chi connectivity index (χ1n) is 7.49. The highest BCUT2D eigenvalue weighted by Gasteiger charge is 2.26. The molecule has 7 nitrogen and oxygen atoms in total. The van der Waals surface area contributed by atoms with Crippen molar-refractivity contribution in [1.82, 2.24) is 9.47 Å². The standard InChI is InChI=1S/C15H22N2O5S/c1-22-13-6-4-8-17(15(13)19)10-14(18)16-7-3-5-12(9-16)11-23(2,20)21/h4,6,8,12H,3,5,7,9-11H2,1-2H3/t12-/m0/s1. The minimum Gasteiger partial charge on any atom is -0.491 e. The molecule has 1 aliphatic rings. The van der Waals surface area contributed by atoms with Gasteiger partial charge in [0.15, 0.2) is 5.75 Å². The molecule has 1 amide bonds. The number of piperidine rings is 1. The molecule has 1 atom stereocenters. The van der Waals surface area contributed by atoms with E-state index >= 15 is 0 Å². The van der Waals surface area contributed by atoms with Crippen LogP contribution < -0.4 is 10.3 Å². The molecule has 0 unspecified atom stereocenters.